The number of nitrogens with zero attached hydrogens (tertiary/aromatic N) is 3. The van der Waals surface area contributed by atoms with Gasteiger partial charge >= 0.3 is 5.97 Å². The SMILES string of the molecule is C=CCn1c(COc2ccccc2)nnc1SCCC(=O)Nc1sc2c(c1C(=O)OC)CCCC2. The van der Waals surface area contributed by atoms with E-state index in [1.54, 1.807) is 6.08 Å². The zero-order valence-corrected chi connectivity index (χ0v) is 21.3. The monoisotopic (exact) mass is 512 g/mol. The van der Waals surface area contributed by atoms with Gasteiger partial charge in [-0.1, -0.05) is 36.0 Å². The molecule has 0 bridgehead atoms. The van der Waals surface area contributed by atoms with E-state index in [1.807, 2.05) is 34.9 Å². The third-order valence-corrected chi connectivity index (χ3v) is 7.77. The maximum absolute atomic E-state index is 12.7. The number of aromatic nitrogens is 3. The number of hydrogen-bond acceptors (Lipinski definition) is 8. The van der Waals surface area contributed by atoms with Gasteiger partial charge in [-0.25, -0.2) is 4.79 Å². The van der Waals surface area contributed by atoms with E-state index in [2.05, 4.69) is 22.1 Å². The third-order valence-electron chi connectivity index (χ3n) is 5.59. The van der Waals surface area contributed by atoms with E-state index in [-0.39, 0.29) is 18.9 Å². The number of para-hydroxylation sites is 1. The molecule has 35 heavy (non-hydrogen) atoms. The molecule has 0 atom stereocenters. The third kappa shape index (κ3) is 6.12. The Balaban J connectivity index is 1.36. The highest BCUT2D eigenvalue weighted by molar-refractivity contribution is 7.99. The molecular formula is C25H28N4O4S2. The Morgan fingerprint density at radius 2 is 2.03 bits per heavy atom. The number of benzene rings is 1. The highest BCUT2D eigenvalue weighted by Crippen LogP contribution is 2.38. The van der Waals surface area contributed by atoms with Gasteiger partial charge in [-0.15, -0.1) is 28.1 Å². The molecule has 4 rings (SSSR count). The molecule has 8 nitrogen and oxygen atoms in total. The van der Waals surface area contributed by atoms with Crippen LogP contribution in [0.3, 0.4) is 0 Å². The fourth-order valence-corrected chi connectivity index (χ4v) is 6.10. The van der Waals surface area contributed by atoms with Crippen LogP contribution in [-0.4, -0.2) is 39.5 Å². The quantitative estimate of drug-likeness (QED) is 0.222. The van der Waals surface area contributed by atoms with Gasteiger partial charge in [0.2, 0.25) is 5.91 Å². The average Bonchev–Trinajstić information content (AvgIpc) is 3.43. The van der Waals surface area contributed by atoms with Crippen LogP contribution >= 0.6 is 23.1 Å². The van der Waals surface area contributed by atoms with Gasteiger partial charge in [-0.05, 0) is 43.4 Å². The summed E-state index contributed by atoms with van der Waals surface area (Å²) in [5, 5.41) is 12.8. The van der Waals surface area contributed by atoms with Crippen molar-refractivity contribution in [2.75, 3.05) is 18.2 Å². The van der Waals surface area contributed by atoms with Crippen molar-refractivity contribution in [1.82, 2.24) is 14.8 Å². The van der Waals surface area contributed by atoms with Crippen LogP contribution in [0.15, 0.2) is 48.1 Å². The van der Waals surface area contributed by atoms with Crippen molar-refractivity contribution in [3.05, 3.63) is 64.8 Å². The van der Waals surface area contributed by atoms with Gasteiger partial charge in [0, 0.05) is 23.6 Å². The summed E-state index contributed by atoms with van der Waals surface area (Å²) in [6.07, 6.45) is 5.97. The number of esters is 1. The number of amides is 1. The van der Waals surface area contributed by atoms with E-state index >= 15 is 0 Å². The molecule has 1 aliphatic rings. The Labute approximate surface area is 212 Å². The van der Waals surface area contributed by atoms with Gasteiger partial charge in [0.25, 0.3) is 0 Å². The summed E-state index contributed by atoms with van der Waals surface area (Å²) in [4.78, 5) is 26.3. The summed E-state index contributed by atoms with van der Waals surface area (Å²) in [5.74, 6) is 1.42. The largest absolute Gasteiger partial charge is 0.486 e. The Bertz CT molecular complexity index is 1190. The molecule has 0 radical (unpaired) electrons. The molecule has 0 saturated heterocycles. The Hall–Kier alpha value is -3.11. The Morgan fingerprint density at radius 3 is 2.80 bits per heavy atom. The summed E-state index contributed by atoms with van der Waals surface area (Å²) in [5.41, 5.74) is 1.54. The Morgan fingerprint density at radius 1 is 1.23 bits per heavy atom. The van der Waals surface area contributed by atoms with E-state index in [0.717, 1.165) is 37.0 Å². The second-order valence-corrected chi connectivity index (χ2v) is 10.1. The predicted octanol–water partition coefficient (Wildman–Crippen LogP) is 4.89. The number of nitrogens with one attached hydrogen (secondary N) is 1. The smallest absolute Gasteiger partial charge is 0.341 e. The number of ether oxygens (including phenoxy) is 2. The highest BCUT2D eigenvalue weighted by atomic mass is 32.2. The van der Waals surface area contributed by atoms with Crippen molar-refractivity contribution >= 4 is 40.0 Å². The lowest BCUT2D eigenvalue weighted by Gasteiger charge is -2.11. The molecule has 10 heteroatoms. The van der Waals surface area contributed by atoms with E-state index in [0.29, 0.717) is 33.8 Å². The number of anilines is 1. The molecule has 0 unspecified atom stereocenters. The number of aryl methyl sites for hydroxylation is 1. The first-order valence-electron chi connectivity index (χ1n) is 11.5. The number of rotatable bonds is 11. The maximum Gasteiger partial charge on any atom is 0.341 e. The predicted molar refractivity (Wildman–Crippen MR) is 137 cm³/mol. The van der Waals surface area contributed by atoms with Crippen LogP contribution in [0.25, 0.3) is 0 Å². The molecule has 2 aromatic heterocycles. The molecule has 184 valence electrons. The standard InChI is InChI=1S/C25H28N4O4S2/c1-3-14-29-20(16-33-17-9-5-4-6-10-17)27-28-25(29)34-15-13-21(30)26-23-22(24(31)32-2)18-11-7-8-12-19(18)35-23/h3-6,9-10H,1,7-8,11-16H2,2H3,(H,26,30). The lowest BCUT2D eigenvalue weighted by Crippen LogP contribution is -2.15. The van der Waals surface area contributed by atoms with E-state index < -0.39 is 5.97 Å². The van der Waals surface area contributed by atoms with Crippen LogP contribution in [0.2, 0.25) is 0 Å². The molecule has 3 aromatic rings. The molecule has 0 saturated carbocycles. The molecule has 1 amide bonds. The molecule has 0 aliphatic heterocycles. The normalized spacial score (nSPS) is 12.6. The van der Waals surface area contributed by atoms with Gasteiger partial charge in [0.1, 0.15) is 17.4 Å². The van der Waals surface area contributed by atoms with Gasteiger partial charge in [-0.2, -0.15) is 0 Å². The minimum absolute atomic E-state index is 0.149. The first kappa shape index (κ1) is 25.0. The summed E-state index contributed by atoms with van der Waals surface area (Å²) in [6, 6.07) is 9.53. The van der Waals surface area contributed by atoms with E-state index in [4.69, 9.17) is 9.47 Å². The number of carbonyl (C=O) groups is 2. The van der Waals surface area contributed by atoms with Crippen LogP contribution in [-0.2, 0) is 35.5 Å². The summed E-state index contributed by atoms with van der Waals surface area (Å²) < 4.78 is 12.7. The minimum Gasteiger partial charge on any atom is -0.486 e. The fraction of sp³-hybridized carbons (Fsp3) is 0.360. The fourth-order valence-electron chi connectivity index (χ4n) is 3.91. The topological polar surface area (TPSA) is 95.3 Å². The van der Waals surface area contributed by atoms with Gasteiger partial charge < -0.3 is 14.8 Å². The minimum atomic E-state index is -0.392. The van der Waals surface area contributed by atoms with Crippen molar-refractivity contribution in [1.29, 1.82) is 0 Å². The van der Waals surface area contributed by atoms with Gasteiger partial charge in [0.15, 0.2) is 11.0 Å². The molecular weight excluding hydrogens is 484 g/mol. The lowest BCUT2D eigenvalue weighted by molar-refractivity contribution is -0.115. The highest BCUT2D eigenvalue weighted by Gasteiger charge is 2.27. The number of thioether (sulfide) groups is 1. The number of carbonyl (C=O) groups excluding carboxylic acids is 2. The first-order valence-corrected chi connectivity index (χ1v) is 13.3. The number of allylic oxidation sites excluding steroid dienone is 1. The van der Waals surface area contributed by atoms with Gasteiger partial charge in [-0.3, -0.25) is 9.36 Å². The number of methoxy groups -OCH3 is 1. The van der Waals surface area contributed by atoms with E-state index in [9.17, 15) is 9.59 Å². The molecule has 1 aliphatic carbocycles. The number of thiophene rings is 1. The molecule has 2 heterocycles. The van der Waals surface area contributed by atoms with Crippen LogP contribution in [0, 0.1) is 0 Å². The molecule has 0 fully saturated rings. The van der Waals surface area contributed by atoms with Gasteiger partial charge in [0.05, 0.1) is 12.7 Å². The summed E-state index contributed by atoms with van der Waals surface area (Å²) in [7, 11) is 1.37. The maximum atomic E-state index is 12.7. The van der Waals surface area contributed by atoms with Crippen LogP contribution < -0.4 is 10.1 Å². The van der Waals surface area contributed by atoms with E-state index in [1.165, 1.54) is 35.1 Å². The van der Waals surface area contributed by atoms with Crippen molar-refractivity contribution in [3.8, 4) is 5.75 Å². The molecule has 1 N–H and O–H groups in total. The number of hydrogen-bond donors (Lipinski definition) is 1. The second kappa shape index (κ2) is 12.0. The second-order valence-electron chi connectivity index (χ2n) is 7.95. The summed E-state index contributed by atoms with van der Waals surface area (Å²) in [6.45, 7) is 4.64. The zero-order chi connectivity index (χ0) is 24.6. The molecule has 0 spiro atoms. The Kier molecular flexibility index (Phi) is 8.59. The van der Waals surface area contributed by atoms with Crippen molar-refractivity contribution < 1.29 is 19.1 Å². The summed E-state index contributed by atoms with van der Waals surface area (Å²) >= 11 is 2.94. The first-order chi connectivity index (χ1) is 17.1. The van der Waals surface area contributed by atoms with Crippen LogP contribution in [0.5, 0.6) is 5.75 Å². The average molecular weight is 513 g/mol. The lowest BCUT2D eigenvalue weighted by atomic mass is 9.95. The van der Waals surface area contributed by atoms with Crippen molar-refractivity contribution in [2.45, 2.75) is 50.4 Å². The van der Waals surface area contributed by atoms with Crippen LogP contribution in [0.4, 0.5) is 5.00 Å². The van der Waals surface area contributed by atoms with Crippen molar-refractivity contribution in [2.24, 2.45) is 0 Å². The zero-order valence-electron chi connectivity index (χ0n) is 19.6. The molecule has 1 aromatic carbocycles. The number of fused-ring (bicyclic) bond motifs is 1. The van der Waals surface area contributed by atoms with Crippen molar-refractivity contribution in [3.63, 3.8) is 0 Å². The van der Waals surface area contributed by atoms with Crippen LogP contribution in [0.1, 0.15) is 45.9 Å².